The zero-order valence-electron chi connectivity index (χ0n) is 19.5. The number of methoxy groups -OCH3 is 1. The summed E-state index contributed by atoms with van der Waals surface area (Å²) >= 11 is 1.29. The lowest BCUT2D eigenvalue weighted by Gasteiger charge is -2.19. The molecule has 1 heterocycles. The van der Waals surface area contributed by atoms with Crippen LogP contribution >= 0.6 is 11.8 Å². The number of amides is 1. The van der Waals surface area contributed by atoms with Gasteiger partial charge in [0.25, 0.3) is 5.91 Å². The fourth-order valence-electron chi connectivity index (χ4n) is 3.16. The van der Waals surface area contributed by atoms with Gasteiger partial charge in [0.05, 0.1) is 19.1 Å². The molecule has 2 N–H and O–H groups in total. The summed E-state index contributed by atoms with van der Waals surface area (Å²) in [5.74, 6) is 0.908. The van der Waals surface area contributed by atoms with Crippen LogP contribution in [0.3, 0.4) is 0 Å². The summed E-state index contributed by atoms with van der Waals surface area (Å²) in [6.07, 6.45) is 1.37. The molecule has 0 atom stereocenters. The van der Waals surface area contributed by atoms with Crippen LogP contribution in [-0.2, 0) is 16.8 Å². The van der Waals surface area contributed by atoms with Crippen molar-refractivity contribution in [2.45, 2.75) is 44.8 Å². The smallest absolute Gasteiger partial charge is 0.250 e. The van der Waals surface area contributed by atoms with Crippen molar-refractivity contribution in [3.05, 3.63) is 53.6 Å². The number of hydrogen-bond acceptors (Lipinski definition) is 7. The Hall–Kier alpha value is -3.33. The predicted molar refractivity (Wildman–Crippen MR) is 131 cm³/mol. The minimum absolute atomic E-state index is 0.0357. The molecule has 9 heteroatoms. The standard InChI is InChI=1S/C24H29N5O3S/c1-6-29-22(16-10-12-18(13-11-16)24(2,3)4)27-28-23(29)33-15-20(30)26-25-14-17-8-7-9-19(32-5)21(17)31/h7-14,31H,6,15H2,1-5H3,(H,26,30)/b25-14+. The molecule has 0 aliphatic carbocycles. The van der Waals surface area contributed by atoms with Crippen LogP contribution in [0.25, 0.3) is 11.4 Å². The highest BCUT2D eigenvalue weighted by molar-refractivity contribution is 7.99. The SMILES string of the molecule is CCn1c(SCC(=O)N/N=C/c2cccc(OC)c2O)nnc1-c1ccc(C(C)(C)C)cc1. The molecular weight excluding hydrogens is 438 g/mol. The first-order chi connectivity index (χ1) is 15.7. The van der Waals surface area contributed by atoms with Crippen LogP contribution in [0.15, 0.2) is 52.7 Å². The molecule has 3 aromatic rings. The number of aromatic hydroxyl groups is 1. The molecule has 0 saturated carbocycles. The highest BCUT2D eigenvalue weighted by Gasteiger charge is 2.17. The van der Waals surface area contributed by atoms with Gasteiger partial charge >= 0.3 is 0 Å². The number of nitrogens with zero attached hydrogens (tertiary/aromatic N) is 4. The molecule has 174 valence electrons. The highest BCUT2D eigenvalue weighted by Crippen LogP contribution is 2.29. The maximum absolute atomic E-state index is 12.2. The van der Waals surface area contributed by atoms with Crippen LogP contribution < -0.4 is 10.2 Å². The van der Waals surface area contributed by atoms with Gasteiger partial charge < -0.3 is 14.4 Å². The average Bonchev–Trinajstić information content (AvgIpc) is 3.21. The second-order valence-corrected chi connectivity index (χ2v) is 9.30. The minimum Gasteiger partial charge on any atom is -0.504 e. The summed E-state index contributed by atoms with van der Waals surface area (Å²) in [6.45, 7) is 9.24. The molecule has 0 unspecified atom stereocenters. The van der Waals surface area contributed by atoms with E-state index in [1.54, 1.807) is 18.2 Å². The van der Waals surface area contributed by atoms with Crippen molar-refractivity contribution in [1.82, 2.24) is 20.2 Å². The highest BCUT2D eigenvalue weighted by atomic mass is 32.2. The molecular formula is C24H29N5O3S. The van der Waals surface area contributed by atoms with E-state index in [1.165, 1.54) is 30.6 Å². The van der Waals surface area contributed by atoms with Crippen LogP contribution in [0.4, 0.5) is 0 Å². The van der Waals surface area contributed by atoms with E-state index in [2.05, 4.69) is 65.8 Å². The number of benzene rings is 2. The Morgan fingerprint density at radius 2 is 1.94 bits per heavy atom. The summed E-state index contributed by atoms with van der Waals surface area (Å²) in [7, 11) is 1.47. The first-order valence-electron chi connectivity index (χ1n) is 10.6. The van der Waals surface area contributed by atoms with E-state index in [0.717, 1.165) is 11.4 Å². The Bertz CT molecular complexity index is 1130. The third-order valence-corrected chi connectivity index (χ3v) is 5.98. The predicted octanol–water partition coefficient (Wildman–Crippen LogP) is 4.22. The average molecular weight is 468 g/mol. The second kappa shape index (κ2) is 10.5. The van der Waals surface area contributed by atoms with Crippen molar-refractivity contribution in [3.63, 3.8) is 0 Å². The number of nitrogens with one attached hydrogen (secondary N) is 1. The van der Waals surface area contributed by atoms with Gasteiger partial charge in [-0.15, -0.1) is 10.2 Å². The number of hydrazone groups is 1. The molecule has 8 nitrogen and oxygen atoms in total. The van der Waals surface area contributed by atoms with Crippen molar-refractivity contribution in [2.75, 3.05) is 12.9 Å². The summed E-state index contributed by atoms with van der Waals surface area (Å²) in [5.41, 5.74) is 5.22. The second-order valence-electron chi connectivity index (χ2n) is 8.36. The third kappa shape index (κ3) is 5.92. The minimum atomic E-state index is -0.291. The summed E-state index contributed by atoms with van der Waals surface area (Å²) < 4.78 is 7.05. The molecule has 33 heavy (non-hydrogen) atoms. The summed E-state index contributed by atoms with van der Waals surface area (Å²) in [5, 5.41) is 23.3. The Morgan fingerprint density at radius 1 is 1.21 bits per heavy atom. The van der Waals surface area contributed by atoms with Crippen molar-refractivity contribution in [2.24, 2.45) is 5.10 Å². The van der Waals surface area contributed by atoms with E-state index in [4.69, 9.17) is 4.74 Å². The molecule has 3 rings (SSSR count). The molecule has 0 saturated heterocycles. The Morgan fingerprint density at radius 3 is 2.58 bits per heavy atom. The number of para-hydroxylation sites is 1. The molecule has 0 aliphatic rings. The maximum Gasteiger partial charge on any atom is 0.250 e. The number of ether oxygens (including phenoxy) is 1. The van der Waals surface area contributed by atoms with Gasteiger partial charge in [-0.25, -0.2) is 5.43 Å². The number of rotatable bonds is 8. The van der Waals surface area contributed by atoms with Crippen LogP contribution in [0.5, 0.6) is 11.5 Å². The molecule has 1 amide bonds. The van der Waals surface area contributed by atoms with E-state index < -0.39 is 0 Å². The number of hydrogen-bond donors (Lipinski definition) is 2. The molecule has 1 aromatic heterocycles. The molecule has 0 bridgehead atoms. The van der Waals surface area contributed by atoms with Crippen molar-refractivity contribution in [1.29, 1.82) is 0 Å². The first-order valence-corrected chi connectivity index (χ1v) is 11.6. The lowest BCUT2D eigenvalue weighted by Crippen LogP contribution is -2.20. The Kier molecular flexibility index (Phi) is 7.75. The van der Waals surface area contributed by atoms with E-state index in [0.29, 0.717) is 23.0 Å². The number of phenolic OH excluding ortho intramolecular Hbond substituents is 1. The van der Waals surface area contributed by atoms with E-state index in [-0.39, 0.29) is 22.8 Å². The van der Waals surface area contributed by atoms with Gasteiger partial charge in [-0.2, -0.15) is 5.10 Å². The molecule has 0 spiro atoms. The van der Waals surface area contributed by atoms with Crippen molar-refractivity contribution >= 4 is 23.9 Å². The summed E-state index contributed by atoms with van der Waals surface area (Å²) in [4.78, 5) is 12.2. The molecule has 2 aromatic carbocycles. The van der Waals surface area contributed by atoms with Crippen LogP contribution in [0.1, 0.15) is 38.8 Å². The fourth-order valence-corrected chi connectivity index (χ4v) is 3.95. The normalized spacial score (nSPS) is 11.7. The van der Waals surface area contributed by atoms with Crippen LogP contribution in [-0.4, -0.2) is 44.9 Å². The zero-order chi connectivity index (χ0) is 24.0. The fraction of sp³-hybridized carbons (Fsp3) is 0.333. The van der Waals surface area contributed by atoms with Gasteiger partial charge in [0.15, 0.2) is 22.5 Å². The van der Waals surface area contributed by atoms with Gasteiger partial charge in [0.2, 0.25) is 0 Å². The first kappa shape index (κ1) is 24.3. The number of carbonyl (C=O) groups is 1. The van der Waals surface area contributed by atoms with Gasteiger partial charge in [0, 0.05) is 17.7 Å². The quantitative estimate of drug-likeness (QED) is 0.292. The lowest BCUT2D eigenvalue weighted by molar-refractivity contribution is -0.118. The topological polar surface area (TPSA) is 102 Å². The van der Waals surface area contributed by atoms with E-state index in [1.807, 2.05) is 11.5 Å². The number of thioether (sulfide) groups is 1. The largest absolute Gasteiger partial charge is 0.504 e. The van der Waals surface area contributed by atoms with Gasteiger partial charge in [-0.05, 0) is 30.0 Å². The van der Waals surface area contributed by atoms with E-state index in [9.17, 15) is 9.90 Å². The Labute approximate surface area is 198 Å². The number of phenols is 1. The number of aromatic nitrogens is 3. The molecule has 0 aliphatic heterocycles. The lowest BCUT2D eigenvalue weighted by atomic mass is 9.87. The molecule has 0 radical (unpaired) electrons. The van der Waals surface area contributed by atoms with E-state index >= 15 is 0 Å². The number of carbonyl (C=O) groups excluding carboxylic acids is 1. The van der Waals surface area contributed by atoms with Crippen LogP contribution in [0, 0.1) is 0 Å². The zero-order valence-corrected chi connectivity index (χ0v) is 20.3. The van der Waals surface area contributed by atoms with Gasteiger partial charge in [0.1, 0.15) is 0 Å². The van der Waals surface area contributed by atoms with Crippen molar-refractivity contribution in [3.8, 4) is 22.9 Å². The molecule has 0 fully saturated rings. The third-order valence-electron chi connectivity index (χ3n) is 5.02. The maximum atomic E-state index is 12.2. The van der Waals surface area contributed by atoms with Crippen molar-refractivity contribution < 1.29 is 14.6 Å². The summed E-state index contributed by atoms with van der Waals surface area (Å²) in [6, 6.07) is 13.4. The Balaban J connectivity index is 1.63. The van der Waals surface area contributed by atoms with Gasteiger partial charge in [-0.3, -0.25) is 4.79 Å². The monoisotopic (exact) mass is 467 g/mol. The van der Waals surface area contributed by atoms with Crippen LogP contribution in [0.2, 0.25) is 0 Å². The van der Waals surface area contributed by atoms with Gasteiger partial charge in [-0.1, -0.05) is 62.9 Å².